The van der Waals surface area contributed by atoms with Gasteiger partial charge < -0.3 is 10.4 Å². The Morgan fingerprint density at radius 1 is 1.13 bits per heavy atom. The lowest BCUT2D eigenvalue weighted by atomic mass is 9.96. The normalized spacial score (nSPS) is 11.9. The number of rotatable bonds is 8. The molecule has 0 saturated carbocycles. The average Bonchev–Trinajstić information content (AvgIpc) is 2.59. The van der Waals surface area contributed by atoms with Crippen LogP contribution in [-0.4, -0.2) is 29.9 Å². The molecule has 2 aromatic carbocycles. The van der Waals surface area contributed by atoms with E-state index in [0.717, 1.165) is 10.5 Å². The van der Waals surface area contributed by atoms with Gasteiger partial charge in [-0.05, 0) is 36.2 Å². The third-order valence-electron chi connectivity index (χ3n) is 3.48. The molecule has 5 heteroatoms. The first-order valence-electron chi connectivity index (χ1n) is 7.50. The van der Waals surface area contributed by atoms with Crippen LogP contribution in [0.3, 0.4) is 0 Å². The van der Waals surface area contributed by atoms with Gasteiger partial charge in [0.2, 0.25) is 5.91 Å². The zero-order valence-corrected chi connectivity index (χ0v) is 13.6. The summed E-state index contributed by atoms with van der Waals surface area (Å²) in [5.74, 6) is 0.0272. The number of carbonyl (C=O) groups is 1. The second-order valence-corrected chi connectivity index (χ2v) is 6.22. The van der Waals surface area contributed by atoms with Gasteiger partial charge in [0.05, 0.1) is 5.75 Å². The number of benzene rings is 2. The fourth-order valence-electron chi connectivity index (χ4n) is 2.24. The highest BCUT2D eigenvalue weighted by molar-refractivity contribution is 8.00. The first kappa shape index (κ1) is 17.5. The number of halogens is 1. The van der Waals surface area contributed by atoms with Crippen LogP contribution < -0.4 is 5.32 Å². The Morgan fingerprint density at radius 2 is 1.83 bits per heavy atom. The minimum Gasteiger partial charge on any atom is -0.396 e. The van der Waals surface area contributed by atoms with Crippen molar-refractivity contribution in [3.63, 3.8) is 0 Å². The third kappa shape index (κ3) is 6.04. The van der Waals surface area contributed by atoms with Crippen LogP contribution in [0.15, 0.2) is 59.5 Å². The zero-order valence-electron chi connectivity index (χ0n) is 12.7. The molecule has 2 rings (SSSR count). The van der Waals surface area contributed by atoms with Crippen LogP contribution in [0.4, 0.5) is 4.39 Å². The van der Waals surface area contributed by atoms with Crippen LogP contribution in [0.1, 0.15) is 17.9 Å². The molecule has 0 saturated heterocycles. The highest BCUT2D eigenvalue weighted by Crippen LogP contribution is 2.19. The molecule has 0 heterocycles. The van der Waals surface area contributed by atoms with Crippen molar-refractivity contribution < 1.29 is 14.3 Å². The highest BCUT2D eigenvalue weighted by Gasteiger charge is 2.12. The summed E-state index contributed by atoms with van der Waals surface area (Å²) in [6.45, 7) is 0.577. The molecule has 122 valence electrons. The van der Waals surface area contributed by atoms with E-state index in [1.54, 1.807) is 12.1 Å². The molecule has 1 atom stereocenters. The molecule has 0 bridgehead atoms. The standard InChI is InChI=1S/C18H20FNO2S/c19-16-6-8-17(9-7-16)23-13-18(22)20-12-15(10-11-21)14-4-2-1-3-5-14/h1-9,15,21H,10-13H2,(H,20,22). The Labute approximate surface area is 139 Å². The van der Waals surface area contributed by atoms with Gasteiger partial charge in [-0.1, -0.05) is 30.3 Å². The van der Waals surface area contributed by atoms with E-state index >= 15 is 0 Å². The van der Waals surface area contributed by atoms with Crippen LogP contribution >= 0.6 is 11.8 Å². The minimum atomic E-state index is -0.284. The quantitative estimate of drug-likeness (QED) is 0.730. The molecule has 0 aliphatic heterocycles. The molecule has 0 aromatic heterocycles. The Morgan fingerprint density at radius 3 is 2.48 bits per heavy atom. The Kier molecular flexibility index (Phi) is 7.10. The Bertz CT molecular complexity index is 604. The second kappa shape index (κ2) is 9.33. The SMILES string of the molecule is O=C(CSc1ccc(F)cc1)NCC(CCO)c1ccccc1. The molecule has 0 radical (unpaired) electrons. The molecular weight excluding hydrogens is 313 g/mol. The summed E-state index contributed by atoms with van der Waals surface area (Å²) in [6, 6.07) is 15.9. The zero-order chi connectivity index (χ0) is 16.5. The van der Waals surface area contributed by atoms with Crippen LogP contribution in [0.2, 0.25) is 0 Å². The number of nitrogens with one attached hydrogen (secondary N) is 1. The number of hydrogen-bond donors (Lipinski definition) is 2. The fraction of sp³-hybridized carbons (Fsp3) is 0.278. The molecule has 1 unspecified atom stereocenters. The van der Waals surface area contributed by atoms with Gasteiger partial charge in [-0.25, -0.2) is 4.39 Å². The Hall–Kier alpha value is -1.85. The number of aliphatic hydroxyl groups is 1. The van der Waals surface area contributed by atoms with Gasteiger partial charge in [0, 0.05) is 24.0 Å². The first-order valence-corrected chi connectivity index (χ1v) is 8.48. The van der Waals surface area contributed by atoms with Crippen molar-refractivity contribution in [1.82, 2.24) is 5.32 Å². The summed E-state index contributed by atoms with van der Waals surface area (Å²) in [7, 11) is 0. The summed E-state index contributed by atoms with van der Waals surface area (Å²) >= 11 is 1.37. The second-order valence-electron chi connectivity index (χ2n) is 5.17. The molecule has 0 spiro atoms. The predicted octanol–water partition coefficient (Wildman–Crippen LogP) is 3.20. The lowest BCUT2D eigenvalue weighted by molar-refractivity contribution is -0.118. The minimum absolute atomic E-state index is 0.0711. The summed E-state index contributed by atoms with van der Waals surface area (Å²) in [5, 5.41) is 12.1. The van der Waals surface area contributed by atoms with Crippen molar-refractivity contribution in [3.8, 4) is 0 Å². The molecule has 2 N–H and O–H groups in total. The fourth-order valence-corrected chi connectivity index (χ4v) is 2.96. The van der Waals surface area contributed by atoms with Crippen molar-refractivity contribution in [2.24, 2.45) is 0 Å². The summed E-state index contributed by atoms with van der Waals surface area (Å²) in [5.41, 5.74) is 1.10. The van der Waals surface area contributed by atoms with Crippen LogP contribution in [0.25, 0.3) is 0 Å². The van der Waals surface area contributed by atoms with Gasteiger partial charge in [0.15, 0.2) is 0 Å². The van der Waals surface area contributed by atoms with Crippen molar-refractivity contribution >= 4 is 17.7 Å². The molecule has 0 aliphatic rings. The largest absolute Gasteiger partial charge is 0.396 e. The molecule has 3 nitrogen and oxygen atoms in total. The average molecular weight is 333 g/mol. The van der Waals surface area contributed by atoms with E-state index in [0.29, 0.717) is 13.0 Å². The van der Waals surface area contributed by atoms with E-state index in [-0.39, 0.29) is 30.0 Å². The van der Waals surface area contributed by atoms with E-state index in [1.165, 1.54) is 23.9 Å². The predicted molar refractivity (Wildman–Crippen MR) is 91.0 cm³/mol. The van der Waals surface area contributed by atoms with Crippen molar-refractivity contribution in [2.75, 3.05) is 18.9 Å². The topological polar surface area (TPSA) is 49.3 Å². The number of thioether (sulfide) groups is 1. The van der Waals surface area contributed by atoms with Crippen LogP contribution in [-0.2, 0) is 4.79 Å². The maximum atomic E-state index is 12.8. The van der Waals surface area contributed by atoms with Gasteiger partial charge in [0.25, 0.3) is 0 Å². The lowest BCUT2D eigenvalue weighted by Gasteiger charge is -2.17. The van der Waals surface area contributed by atoms with Gasteiger partial charge in [-0.3, -0.25) is 4.79 Å². The van der Waals surface area contributed by atoms with E-state index in [4.69, 9.17) is 0 Å². The molecule has 0 aliphatic carbocycles. The van der Waals surface area contributed by atoms with Crippen molar-refractivity contribution in [3.05, 3.63) is 66.0 Å². The van der Waals surface area contributed by atoms with Crippen molar-refractivity contribution in [2.45, 2.75) is 17.2 Å². The van der Waals surface area contributed by atoms with E-state index in [2.05, 4.69) is 5.32 Å². The molecule has 1 amide bonds. The van der Waals surface area contributed by atoms with Gasteiger partial charge in [0.1, 0.15) is 5.82 Å². The molecule has 23 heavy (non-hydrogen) atoms. The maximum absolute atomic E-state index is 12.8. The molecule has 2 aromatic rings. The molecular formula is C18H20FNO2S. The monoisotopic (exact) mass is 333 g/mol. The van der Waals surface area contributed by atoms with E-state index < -0.39 is 0 Å². The Balaban J connectivity index is 1.80. The van der Waals surface area contributed by atoms with E-state index in [1.807, 2.05) is 30.3 Å². The van der Waals surface area contributed by atoms with E-state index in [9.17, 15) is 14.3 Å². The number of hydrogen-bond acceptors (Lipinski definition) is 3. The van der Waals surface area contributed by atoms with Gasteiger partial charge >= 0.3 is 0 Å². The third-order valence-corrected chi connectivity index (χ3v) is 4.49. The van der Waals surface area contributed by atoms with Gasteiger partial charge in [-0.15, -0.1) is 11.8 Å². The molecule has 0 fully saturated rings. The summed E-state index contributed by atoms with van der Waals surface area (Å²) in [6.07, 6.45) is 0.607. The first-order chi connectivity index (χ1) is 11.2. The van der Waals surface area contributed by atoms with Crippen molar-refractivity contribution in [1.29, 1.82) is 0 Å². The highest BCUT2D eigenvalue weighted by atomic mass is 32.2. The van der Waals surface area contributed by atoms with Crippen LogP contribution in [0, 0.1) is 5.82 Å². The summed E-state index contributed by atoms with van der Waals surface area (Å²) in [4.78, 5) is 12.8. The van der Waals surface area contributed by atoms with Gasteiger partial charge in [-0.2, -0.15) is 0 Å². The maximum Gasteiger partial charge on any atom is 0.230 e. The summed E-state index contributed by atoms with van der Waals surface area (Å²) < 4.78 is 12.8. The van der Waals surface area contributed by atoms with Crippen LogP contribution in [0.5, 0.6) is 0 Å². The number of aliphatic hydroxyl groups excluding tert-OH is 1. The lowest BCUT2D eigenvalue weighted by Crippen LogP contribution is -2.30. The number of carbonyl (C=O) groups excluding carboxylic acids is 1. The smallest absolute Gasteiger partial charge is 0.230 e. The number of amides is 1.